The van der Waals surface area contributed by atoms with Gasteiger partial charge in [0.15, 0.2) is 0 Å². The fourth-order valence-corrected chi connectivity index (χ4v) is 2.28. The first-order valence-corrected chi connectivity index (χ1v) is 6.04. The molecule has 1 aliphatic carbocycles. The number of ether oxygens (including phenoxy) is 1. The van der Waals surface area contributed by atoms with Gasteiger partial charge in [0, 0.05) is 19.2 Å². The van der Waals surface area contributed by atoms with Crippen molar-refractivity contribution in [3.63, 3.8) is 0 Å². The zero-order chi connectivity index (χ0) is 11.5. The summed E-state index contributed by atoms with van der Waals surface area (Å²) in [5.74, 6) is 0. The molecule has 1 aromatic rings. The third-order valence-electron chi connectivity index (χ3n) is 3.46. The van der Waals surface area contributed by atoms with E-state index in [0.717, 1.165) is 12.8 Å². The van der Waals surface area contributed by atoms with Crippen molar-refractivity contribution in [1.29, 1.82) is 0 Å². The van der Waals surface area contributed by atoms with E-state index in [9.17, 15) is 0 Å². The van der Waals surface area contributed by atoms with Crippen molar-refractivity contribution in [2.75, 3.05) is 7.11 Å². The van der Waals surface area contributed by atoms with Gasteiger partial charge < -0.3 is 10.1 Å². The molecule has 0 saturated heterocycles. The lowest BCUT2D eigenvalue weighted by molar-refractivity contribution is 0.0147. The monoisotopic (exact) mass is 219 g/mol. The minimum atomic E-state index is 0.433. The summed E-state index contributed by atoms with van der Waals surface area (Å²) in [6.07, 6.45) is 2.77. The van der Waals surface area contributed by atoms with Crippen LogP contribution in [0.3, 0.4) is 0 Å². The van der Waals surface area contributed by atoms with Crippen LogP contribution in [-0.2, 0) is 4.74 Å². The summed E-state index contributed by atoms with van der Waals surface area (Å²) in [4.78, 5) is 0. The van der Waals surface area contributed by atoms with Gasteiger partial charge in [0.1, 0.15) is 0 Å². The molecule has 2 rings (SSSR count). The SMILES string of the molecule is COC1CC(N[C@@H](C)c2cccc(C)c2)C1. The van der Waals surface area contributed by atoms with E-state index in [0.29, 0.717) is 18.2 Å². The van der Waals surface area contributed by atoms with Gasteiger partial charge in [-0.25, -0.2) is 0 Å². The molecular formula is C14H21NO. The molecule has 0 spiro atoms. The van der Waals surface area contributed by atoms with Crippen LogP contribution in [0.4, 0.5) is 0 Å². The quantitative estimate of drug-likeness (QED) is 0.840. The average molecular weight is 219 g/mol. The Bertz CT molecular complexity index is 344. The van der Waals surface area contributed by atoms with Crippen molar-refractivity contribution in [2.45, 2.75) is 44.9 Å². The predicted molar refractivity (Wildman–Crippen MR) is 66.5 cm³/mol. The normalized spacial score (nSPS) is 26.2. The van der Waals surface area contributed by atoms with Crippen LogP contribution in [-0.4, -0.2) is 19.3 Å². The first kappa shape index (κ1) is 11.6. The van der Waals surface area contributed by atoms with Gasteiger partial charge in [-0.2, -0.15) is 0 Å². The van der Waals surface area contributed by atoms with Crippen molar-refractivity contribution in [2.24, 2.45) is 0 Å². The highest BCUT2D eigenvalue weighted by atomic mass is 16.5. The molecule has 88 valence electrons. The molecule has 1 N–H and O–H groups in total. The van der Waals surface area contributed by atoms with Gasteiger partial charge in [0.05, 0.1) is 6.10 Å². The summed E-state index contributed by atoms with van der Waals surface area (Å²) in [5.41, 5.74) is 2.70. The van der Waals surface area contributed by atoms with Crippen LogP contribution < -0.4 is 5.32 Å². The Morgan fingerprint density at radius 3 is 2.75 bits per heavy atom. The van der Waals surface area contributed by atoms with Gasteiger partial charge >= 0.3 is 0 Å². The van der Waals surface area contributed by atoms with Crippen LogP contribution in [0.1, 0.15) is 36.9 Å². The number of benzene rings is 1. The van der Waals surface area contributed by atoms with Crippen molar-refractivity contribution >= 4 is 0 Å². The lowest BCUT2D eigenvalue weighted by Gasteiger charge is -2.36. The first-order valence-electron chi connectivity index (χ1n) is 6.04. The number of rotatable bonds is 4. The molecule has 0 aromatic heterocycles. The Morgan fingerprint density at radius 2 is 2.12 bits per heavy atom. The minimum absolute atomic E-state index is 0.433. The first-order chi connectivity index (χ1) is 7.69. The molecule has 1 aliphatic rings. The summed E-state index contributed by atoms with van der Waals surface area (Å²) in [7, 11) is 1.80. The van der Waals surface area contributed by atoms with Crippen molar-refractivity contribution in [3.05, 3.63) is 35.4 Å². The standard InChI is InChI=1S/C14H21NO/c1-10-5-4-6-12(7-10)11(2)15-13-8-14(9-13)16-3/h4-7,11,13-15H,8-9H2,1-3H3/t11-,13?,14?/m0/s1. The highest BCUT2D eigenvalue weighted by Gasteiger charge is 2.29. The van der Waals surface area contributed by atoms with Crippen molar-refractivity contribution in [1.82, 2.24) is 5.32 Å². The number of hydrogen-bond donors (Lipinski definition) is 1. The molecule has 0 aliphatic heterocycles. The summed E-state index contributed by atoms with van der Waals surface area (Å²) in [5, 5.41) is 3.64. The molecule has 1 aromatic carbocycles. The Balaban J connectivity index is 1.87. The fourth-order valence-electron chi connectivity index (χ4n) is 2.28. The number of hydrogen-bond acceptors (Lipinski definition) is 2. The summed E-state index contributed by atoms with van der Waals surface area (Å²) in [6, 6.07) is 9.77. The molecule has 1 saturated carbocycles. The number of methoxy groups -OCH3 is 1. The van der Waals surface area contributed by atoms with E-state index in [1.807, 2.05) is 0 Å². The van der Waals surface area contributed by atoms with E-state index >= 15 is 0 Å². The Morgan fingerprint density at radius 1 is 1.38 bits per heavy atom. The summed E-state index contributed by atoms with van der Waals surface area (Å²) in [6.45, 7) is 4.37. The van der Waals surface area contributed by atoms with Gasteiger partial charge in [0.2, 0.25) is 0 Å². The predicted octanol–water partition coefficient (Wildman–Crippen LogP) is 2.82. The largest absolute Gasteiger partial charge is 0.381 e. The Hall–Kier alpha value is -0.860. The molecule has 0 heterocycles. The van der Waals surface area contributed by atoms with Gasteiger partial charge in [-0.1, -0.05) is 29.8 Å². The highest BCUT2D eigenvalue weighted by molar-refractivity contribution is 5.24. The molecule has 0 unspecified atom stereocenters. The van der Waals surface area contributed by atoms with E-state index in [1.165, 1.54) is 11.1 Å². The smallest absolute Gasteiger partial charge is 0.0601 e. The van der Waals surface area contributed by atoms with Gasteiger partial charge in [-0.3, -0.25) is 0 Å². The molecule has 2 nitrogen and oxygen atoms in total. The van der Waals surface area contributed by atoms with Gasteiger partial charge in [-0.15, -0.1) is 0 Å². The molecule has 0 amide bonds. The van der Waals surface area contributed by atoms with Crippen LogP contribution in [0.2, 0.25) is 0 Å². The molecule has 0 bridgehead atoms. The molecule has 16 heavy (non-hydrogen) atoms. The molecular weight excluding hydrogens is 198 g/mol. The Labute approximate surface area is 98.0 Å². The molecule has 2 heteroatoms. The lowest BCUT2D eigenvalue weighted by Crippen LogP contribution is -2.45. The van der Waals surface area contributed by atoms with Crippen LogP contribution in [0.5, 0.6) is 0 Å². The van der Waals surface area contributed by atoms with E-state index in [1.54, 1.807) is 7.11 Å². The second-order valence-corrected chi connectivity index (χ2v) is 4.83. The maximum atomic E-state index is 5.28. The zero-order valence-corrected chi connectivity index (χ0v) is 10.4. The Kier molecular flexibility index (Phi) is 3.62. The summed E-state index contributed by atoms with van der Waals surface area (Å²) >= 11 is 0. The second-order valence-electron chi connectivity index (χ2n) is 4.83. The van der Waals surface area contributed by atoms with E-state index in [-0.39, 0.29) is 0 Å². The second kappa shape index (κ2) is 4.98. The fraction of sp³-hybridized carbons (Fsp3) is 0.571. The molecule has 1 atom stereocenters. The minimum Gasteiger partial charge on any atom is -0.381 e. The van der Waals surface area contributed by atoms with Crippen LogP contribution in [0.15, 0.2) is 24.3 Å². The molecule has 0 radical (unpaired) electrons. The van der Waals surface area contributed by atoms with Crippen molar-refractivity contribution < 1.29 is 4.74 Å². The van der Waals surface area contributed by atoms with Crippen LogP contribution in [0.25, 0.3) is 0 Å². The maximum Gasteiger partial charge on any atom is 0.0601 e. The topological polar surface area (TPSA) is 21.3 Å². The number of aryl methyl sites for hydroxylation is 1. The third kappa shape index (κ3) is 2.63. The van der Waals surface area contributed by atoms with Crippen LogP contribution >= 0.6 is 0 Å². The lowest BCUT2D eigenvalue weighted by atomic mass is 9.88. The van der Waals surface area contributed by atoms with Gasteiger partial charge in [0.25, 0.3) is 0 Å². The van der Waals surface area contributed by atoms with E-state index in [4.69, 9.17) is 4.74 Å². The van der Waals surface area contributed by atoms with Gasteiger partial charge in [-0.05, 0) is 32.3 Å². The highest BCUT2D eigenvalue weighted by Crippen LogP contribution is 2.25. The van der Waals surface area contributed by atoms with E-state index in [2.05, 4.69) is 43.4 Å². The van der Waals surface area contributed by atoms with Crippen molar-refractivity contribution in [3.8, 4) is 0 Å². The average Bonchev–Trinajstić information content (AvgIpc) is 2.22. The number of nitrogens with one attached hydrogen (secondary N) is 1. The third-order valence-corrected chi connectivity index (χ3v) is 3.46. The van der Waals surface area contributed by atoms with Crippen LogP contribution in [0, 0.1) is 6.92 Å². The molecule has 1 fully saturated rings. The maximum absolute atomic E-state index is 5.28. The van der Waals surface area contributed by atoms with E-state index < -0.39 is 0 Å². The zero-order valence-electron chi connectivity index (χ0n) is 10.4. The summed E-state index contributed by atoms with van der Waals surface area (Å²) < 4.78 is 5.28.